The molecular weight excluding hydrogens is 663 g/mol. The molecule has 270 valence electrons. The second-order valence-corrected chi connectivity index (χ2v) is 19.1. The van der Waals surface area contributed by atoms with Crippen LogP contribution >= 0.6 is 0 Å². The summed E-state index contributed by atoms with van der Waals surface area (Å²) >= 11 is 0. The number of anilines is 1. The molecule has 0 saturated heterocycles. The van der Waals surface area contributed by atoms with Crippen molar-refractivity contribution in [2.75, 3.05) is 26.1 Å². The van der Waals surface area contributed by atoms with Crippen molar-refractivity contribution in [2.24, 2.45) is 5.92 Å². The van der Waals surface area contributed by atoms with E-state index in [1.807, 2.05) is 83.4 Å². The van der Waals surface area contributed by atoms with Crippen molar-refractivity contribution in [2.45, 2.75) is 71.5 Å². The highest BCUT2D eigenvalue weighted by Gasteiger charge is 2.39. The van der Waals surface area contributed by atoms with Crippen LogP contribution in [0.5, 0.6) is 11.5 Å². The molecule has 1 amide bonds. The van der Waals surface area contributed by atoms with Crippen molar-refractivity contribution in [1.82, 2.24) is 19.5 Å². The number of imidazole rings is 1. The van der Waals surface area contributed by atoms with Gasteiger partial charge in [-0.05, 0) is 59.1 Å². The van der Waals surface area contributed by atoms with Crippen LogP contribution in [0.25, 0.3) is 11.2 Å². The van der Waals surface area contributed by atoms with Gasteiger partial charge in [-0.1, -0.05) is 89.2 Å². The third-order valence-electron chi connectivity index (χ3n) is 9.63. The number of fused-ring (bicyclic) bond motifs is 1. The van der Waals surface area contributed by atoms with Crippen LogP contribution in [0, 0.1) is 5.92 Å². The number of benzene rings is 3. The van der Waals surface area contributed by atoms with Gasteiger partial charge in [-0.15, -0.1) is 0 Å². The number of nitrogens with one attached hydrogen (secondary N) is 2. The van der Waals surface area contributed by atoms with Crippen LogP contribution in [0.2, 0.25) is 18.1 Å². The summed E-state index contributed by atoms with van der Waals surface area (Å²) in [5, 5.41) is 2.73. The van der Waals surface area contributed by atoms with Gasteiger partial charge >= 0.3 is 0 Å². The van der Waals surface area contributed by atoms with Crippen molar-refractivity contribution >= 4 is 31.3 Å². The zero-order valence-electron chi connectivity index (χ0n) is 31.0. The Hall–Kier alpha value is -4.78. The van der Waals surface area contributed by atoms with E-state index in [4.69, 9.17) is 23.6 Å². The minimum absolute atomic E-state index is 0.00344. The molecule has 0 unspecified atom stereocenters. The Balaban J connectivity index is 1.66. The van der Waals surface area contributed by atoms with Crippen molar-refractivity contribution in [3.63, 3.8) is 0 Å². The maximum absolute atomic E-state index is 13.5. The van der Waals surface area contributed by atoms with Crippen LogP contribution in [0.15, 0.2) is 83.7 Å². The average Bonchev–Trinajstić information content (AvgIpc) is 3.46. The highest BCUT2D eigenvalue weighted by atomic mass is 28.4. The summed E-state index contributed by atoms with van der Waals surface area (Å²) in [6.07, 6.45) is 0. The summed E-state index contributed by atoms with van der Waals surface area (Å²) in [7, 11) is 1.16. The Labute approximate surface area is 300 Å². The Morgan fingerprint density at radius 2 is 1.41 bits per heavy atom. The van der Waals surface area contributed by atoms with E-state index in [-0.39, 0.29) is 34.9 Å². The molecule has 12 heteroatoms. The molecule has 0 spiro atoms. The van der Waals surface area contributed by atoms with Crippen molar-refractivity contribution < 1.29 is 23.4 Å². The highest BCUT2D eigenvalue weighted by molar-refractivity contribution is 6.74. The molecule has 0 saturated carbocycles. The average molecular weight is 712 g/mol. The molecule has 51 heavy (non-hydrogen) atoms. The molecule has 2 N–H and O–H groups in total. The lowest BCUT2D eigenvalue weighted by atomic mass is 9.80. The Morgan fingerprint density at radius 3 is 1.92 bits per heavy atom. The lowest BCUT2D eigenvalue weighted by molar-refractivity contribution is -0.118. The summed E-state index contributed by atoms with van der Waals surface area (Å²) in [6, 6.07) is 25.6. The zero-order chi connectivity index (χ0) is 37.0. The Morgan fingerprint density at radius 1 is 0.863 bits per heavy atom. The molecule has 0 aliphatic carbocycles. The monoisotopic (exact) mass is 711 g/mol. The first-order valence-electron chi connectivity index (χ1n) is 17.1. The Kier molecular flexibility index (Phi) is 11.2. The summed E-state index contributed by atoms with van der Waals surface area (Å²) in [4.78, 5) is 38.2. The SMILES string of the molecule is COc1ccc(C(OCc2nc3c(=O)[nH]c(NC(=O)C(C)C)nc3n2CCO[Si](C)(C)C(C)(C)C)(c2ccccc2)c2ccc(OC)cc2)cc1. The van der Waals surface area contributed by atoms with Gasteiger partial charge in [0.2, 0.25) is 11.9 Å². The first kappa shape index (κ1) is 37.5. The number of carbonyl (C=O) groups is 1. The number of carbonyl (C=O) groups excluding carboxylic acids is 1. The van der Waals surface area contributed by atoms with E-state index in [0.717, 1.165) is 16.7 Å². The number of ether oxygens (including phenoxy) is 3. The zero-order valence-corrected chi connectivity index (χ0v) is 32.0. The van der Waals surface area contributed by atoms with Crippen LogP contribution < -0.4 is 20.3 Å². The standard InChI is InChI=1S/C39H49N5O6Si/c1-26(2)35(45)42-37-41-34-33(36(46)43-37)40-32(44(34)23-24-50-51(8,9)38(3,4)5)25-49-39(27-13-11-10-12-14-27,28-15-19-30(47-6)20-16-28)29-17-21-31(48-7)22-18-29/h10-22,26H,23-25H2,1-9H3,(H2,41,42,43,45,46). The van der Waals surface area contributed by atoms with Gasteiger partial charge in [-0.25, -0.2) is 4.98 Å². The van der Waals surface area contributed by atoms with Gasteiger partial charge in [-0.3, -0.25) is 19.9 Å². The molecule has 2 aromatic heterocycles. The van der Waals surface area contributed by atoms with Crippen LogP contribution in [-0.2, 0) is 32.7 Å². The third-order valence-corrected chi connectivity index (χ3v) is 14.2. The summed E-state index contributed by atoms with van der Waals surface area (Å²) in [6.45, 7) is 15.2. The molecule has 0 aliphatic rings. The molecular formula is C39H49N5O6Si. The maximum atomic E-state index is 13.5. The normalized spacial score (nSPS) is 12.4. The second kappa shape index (κ2) is 15.2. The summed E-state index contributed by atoms with van der Waals surface area (Å²) < 4.78 is 26.6. The minimum atomic E-state index is -2.11. The summed E-state index contributed by atoms with van der Waals surface area (Å²) in [5.74, 6) is 1.39. The molecule has 0 aliphatic heterocycles. The molecule has 0 atom stereocenters. The predicted molar refractivity (Wildman–Crippen MR) is 202 cm³/mol. The van der Waals surface area contributed by atoms with E-state index in [1.54, 1.807) is 28.1 Å². The number of methoxy groups -OCH3 is 2. The van der Waals surface area contributed by atoms with Gasteiger partial charge in [0.15, 0.2) is 19.5 Å². The first-order valence-corrected chi connectivity index (χ1v) is 20.0. The van der Waals surface area contributed by atoms with Gasteiger partial charge in [0.05, 0.1) is 20.8 Å². The van der Waals surface area contributed by atoms with Crippen LogP contribution in [0.4, 0.5) is 5.95 Å². The van der Waals surface area contributed by atoms with Crippen LogP contribution in [0.3, 0.4) is 0 Å². The molecule has 5 rings (SSSR count). The number of H-pyrrole nitrogens is 1. The molecule has 2 heterocycles. The second-order valence-electron chi connectivity index (χ2n) is 14.3. The highest BCUT2D eigenvalue weighted by Crippen LogP contribution is 2.42. The molecule has 0 bridgehead atoms. The van der Waals surface area contributed by atoms with Gasteiger partial charge in [0, 0.05) is 12.5 Å². The number of aromatic nitrogens is 4. The fourth-order valence-electron chi connectivity index (χ4n) is 5.58. The van der Waals surface area contributed by atoms with Crippen molar-refractivity contribution in [3.05, 3.63) is 112 Å². The minimum Gasteiger partial charge on any atom is -0.497 e. The van der Waals surface area contributed by atoms with Crippen molar-refractivity contribution in [1.29, 1.82) is 0 Å². The third kappa shape index (κ3) is 7.93. The fourth-order valence-corrected chi connectivity index (χ4v) is 6.61. The predicted octanol–water partition coefficient (Wildman–Crippen LogP) is 7.26. The number of hydrogen-bond acceptors (Lipinski definition) is 8. The number of aromatic amines is 1. The lowest BCUT2D eigenvalue weighted by Crippen LogP contribution is -2.41. The fraction of sp³-hybridized carbons (Fsp3) is 0.385. The van der Waals surface area contributed by atoms with E-state index in [9.17, 15) is 9.59 Å². The lowest BCUT2D eigenvalue weighted by Gasteiger charge is -2.36. The molecule has 0 fully saturated rings. The Bertz CT molecular complexity index is 1950. The first-order chi connectivity index (χ1) is 24.2. The topological polar surface area (TPSA) is 130 Å². The van der Waals surface area contributed by atoms with Crippen LogP contribution in [-0.4, -0.2) is 54.6 Å². The molecule has 3 aromatic carbocycles. The van der Waals surface area contributed by atoms with E-state index in [0.29, 0.717) is 36.1 Å². The van der Waals surface area contributed by atoms with E-state index < -0.39 is 19.5 Å². The largest absolute Gasteiger partial charge is 0.497 e. The van der Waals surface area contributed by atoms with E-state index >= 15 is 0 Å². The van der Waals surface area contributed by atoms with Gasteiger partial charge < -0.3 is 23.2 Å². The number of nitrogens with zero attached hydrogens (tertiary/aromatic N) is 3. The van der Waals surface area contributed by atoms with Gasteiger partial charge in [0.1, 0.15) is 29.5 Å². The maximum Gasteiger partial charge on any atom is 0.280 e. The summed E-state index contributed by atoms with van der Waals surface area (Å²) in [5.41, 5.74) is 1.49. The van der Waals surface area contributed by atoms with E-state index in [2.05, 4.69) is 49.1 Å². The van der Waals surface area contributed by atoms with Gasteiger partial charge in [-0.2, -0.15) is 4.98 Å². The molecule has 0 radical (unpaired) electrons. The number of amides is 1. The smallest absolute Gasteiger partial charge is 0.280 e. The quantitative estimate of drug-likeness (QED) is 0.0910. The molecule has 5 aromatic rings. The number of rotatable bonds is 14. The molecule has 11 nitrogen and oxygen atoms in total. The van der Waals surface area contributed by atoms with Crippen molar-refractivity contribution in [3.8, 4) is 11.5 Å². The van der Waals surface area contributed by atoms with E-state index in [1.165, 1.54) is 0 Å². The van der Waals surface area contributed by atoms with Crippen LogP contribution in [0.1, 0.15) is 57.1 Å². The van der Waals surface area contributed by atoms with Gasteiger partial charge in [0.25, 0.3) is 5.56 Å². The number of hydrogen-bond donors (Lipinski definition) is 2.